The van der Waals surface area contributed by atoms with Crippen molar-refractivity contribution in [3.63, 3.8) is 0 Å². The standard InChI is InChI=1S/C34H46ClF3N2O3/c1-24-9-6-13-30(31(24)26-14-16-29(17-15-26)43-34(36,37)38)32(33(41)42)39(2)22-18-25(27-10-7-12-28(35)23-27)11-8-21-40-19-4-3-5-20-40/h6-7,9-10,12-13,23,25-26,29,32H,3-5,8,11,14-22H2,1-2H3,(H,41,42)/t25-,26?,29?,32-/m0/s1. The summed E-state index contributed by atoms with van der Waals surface area (Å²) in [7, 11) is 1.86. The number of carboxylic acids is 1. The van der Waals surface area contributed by atoms with Crippen molar-refractivity contribution >= 4 is 17.6 Å². The van der Waals surface area contributed by atoms with Gasteiger partial charge in [-0.3, -0.25) is 14.4 Å². The second-order valence-electron chi connectivity index (χ2n) is 12.4. The summed E-state index contributed by atoms with van der Waals surface area (Å²) in [6.07, 6.45) is 2.88. The van der Waals surface area contributed by atoms with Gasteiger partial charge in [0.15, 0.2) is 0 Å². The van der Waals surface area contributed by atoms with E-state index >= 15 is 0 Å². The smallest absolute Gasteiger partial charge is 0.480 e. The van der Waals surface area contributed by atoms with Gasteiger partial charge in [0.1, 0.15) is 6.04 Å². The minimum atomic E-state index is -4.64. The van der Waals surface area contributed by atoms with Crippen LogP contribution in [0.2, 0.25) is 5.02 Å². The molecule has 2 aromatic rings. The van der Waals surface area contributed by atoms with Crippen LogP contribution < -0.4 is 0 Å². The van der Waals surface area contributed by atoms with Crippen LogP contribution in [0.1, 0.15) is 104 Å². The van der Waals surface area contributed by atoms with Gasteiger partial charge in [0.25, 0.3) is 0 Å². The molecule has 9 heteroatoms. The van der Waals surface area contributed by atoms with Gasteiger partial charge >= 0.3 is 12.3 Å². The molecule has 2 aliphatic rings. The van der Waals surface area contributed by atoms with Gasteiger partial charge in [-0.05, 0) is 144 Å². The molecule has 1 heterocycles. The molecule has 1 saturated heterocycles. The van der Waals surface area contributed by atoms with Gasteiger partial charge in [-0.15, -0.1) is 13.2 Å². The van der Waals surface area contributed by atoms with Gasteiger partial charge in [0.2, 0.25) is 0 Å². The molecule has 4 rings (SSSR count). The van der Waals surface area contributed by atoms with Gasteiger partial charge in [0.05, 0.1) is 6.10 Å². The minimum Gasteiger partial charge on any atom is -0.480 e. The Kier molecular flexibility index (Phi) is 12.4. The van der Waals surface area contributed by atoms with E-state index in [2.05, 4.69) is 15.7 Å². The van der Waals surface area contributed by atoms with Crippen molar-refractivity contribution in [2.24, 2.45) is 0 Å². The molecule has 1 N–H and O–H groups in total. The quantitative estimate of drug-likeness (QED) is 0.242. The third kappa shape index (κ3) is 9.93. The summed E-state index contributed by atoms with van der Waals surface area (Å²) >= 11 is 6.37. The van der Waals surface area contributed by atoms with Crippen LogP contribution in [0.3, 0.4) is 0 Å². The average molecular weight is 623 g/mol. The lowest BCUT2D eigenvalue weighted by atomic mass is 9.77. The molecule has 0 amide bonds. The lowest BCUT2D eigenvalue weighted by molar-refractivity contribution is -0.345. The van der Waals surface area contributed by atoms with Crippen LogP contribution in [0.15, 0.2) is 42.5 Å². The van der Waals surface area contributed by atoms with E-state index in [9.17, 15) is 23.1 Å². The molecule has 5 nitrogen and oxygen atoms in total. The maximum absolute atomic E-state index is 12.8. The Morgan fingerprint density at radius 2 is 1.77 bits per heavy atom. The molecular formula is C34H46ClF3N2O3. The maximum atomic E-state index is 12.8. The summed E-state index contributed by atoms with van der Waals surface area (Å²) in [4.78, 5) is 17.3. The average Bonchev–Trinajstić information content (AvgIpc) is 2.95. The highest BCUT2D eigenvalue weighted by Gasteiger charge is 2.37. The molecule has 0 aromatic heterocycles. The predicted octanol–water partition coefficient (Wildman–Crippen LogP) is 8.71. The molecule has 0 radical (unpaired) electrons. The highest BCUT2D eigenvalue weighted by molar-refractivity contribution is 6.30. The number of rotatable bonds is 13. The first-order chi connectivity index (χ1) is 20.5. The van der Waals surface area contributed by atoms with E-state index in [1.807, 2.05) is 55.3 Å². The van der Waals surface area contributed by atoms with Crippen molar-refractivity contribution in [3.05, 3.63) is 69.7 Å². The summed E-state index contributed by atoms with van der Waals surface area (Å²) < 4.78 is 42.6. The third-order valence-electron chi connectivity index (χ3n) is 9.34. The Bertz CT molecular complexity index is 1180. The second kappa shape index (κ2) is 15.7. The zero-order valence-corrected chi connectivity index (χ0v) is 26.2. The van der Waals surface area contributed by atoms with Gasteiger partial charge in [0, 0.05) is 5.02 Å². The van der Waals surface area contributed by atoms with E-state index in [0.717, 1.165) is 42.5 Å². The minimum absolute atomic E-state index is 0.00599. The lowest BCUT2D eigenvalue weighted by Gasteiger charge is -2.34. The zero-order chi connectivity index (χ0) is 31.0. The zero-order valence-electron chi connectivity index (χ0n) is 25.4. The summed E-state index contributed by atoms with van der Waals surface area (Å²) in [6, 6.07) is 12.9. The van der Waals surface area contributed by atoms with E-state index in [0.29, 0.717) is 37.3 Å². The van der Waals surface area contributed by atoms with Crippen molar-refractivity contribution < 1.29 is 27.8 Å². The molecule has 0 bridgehead atoms. The largest absolute Gasteiger partial charge is 0.522 e. The first-order valence-electron chi connectivity index (χ1n) is 15.8. The third-order valence-corrected chi connectivity index (χ3v) is 9.57. The number of nitrogens with zero attached hydrogens (tertiary/aromatic N) is 2. The number of aryl methyl sites for hydroxylation is 1. The van der Waals surface area contributed by atoms with Gasteiger partial charge in [-0.2, -0.15) is 0 Å². The highest BCUT2D eigenvalue weighted by Crippen LogP contribution is 2.41. The normalized spacial score (nSPS) is 21.6. The molecule has 2 aromatic carbocycles. The molecular weight excluding hydrogens is 577 g/mol. The van der Waals surface area contributed by atoms with Crippen LogP contribution in [0.5, 0.6) is 0 Å². The van der Waals surface area contributed by atoms with Crippen LogP contribution in [-0.4, -0.2) is 66.6 Å². The number of ether oxygens (including phenoxy) is 1. The number of alkyl halides is 3. The molecule has 2 atom stereocenters. The topological polar surface area (TPSA) is 53.0 Å². The Balaban J connectivity index is 1.47. The van der Waals surface area contributed by atoms with E-state index < -0.39 is 24.5 Å². The number of aliphatic carboxylic acids is 1. The van der Waals surface area contributed by atoms with Crippen molar-refractivity contribution in [2.75, 3.05) is 33.2 Å². The molecule has 1 saturated carbocycles. The number of piperidine rings is 1. The summed E-state index contributed by atoms with van der Waals surface area (Å²) in [5.74, 6) is -0.678. The van der Waals surface area contributed by atoms with Crippen LogP contribution in [0.4, 0.5) is 13.2 Å². The summed E-state index contributed by atoms with van der Waals surface area (Å²) in [5, 5.41) is 11.2. The van der Waals surface area contributed by atoms with Gasteiger partial charge in [-0.1, -0.05) is 48.4 Å². The van der Waals surface area contributed by atoms with Crippen LogP contribution in [0.25, 0.3) is 0 Å². The fourth-order valence-electron chi connectivity index (χ4n) is 7.19. The van der Waals surface area contributed by atoms with E-state index in [-0.39, 0.29) is 11.8 Å². The number of carboxylic acid groups (broad SMARTS) is 1. The van der Waals surface area contributed by atoms with Crippen molar-refractivity contribution in [2.45, 2.75) is 101 Å². The van der Waals surface area contributed by atoms with Gasteiger partial charge in [-0.25, -0.2) is 0 Å². The molecule has 1 aliphatic carbocycles. The number of hydrogen-bond donors (Lipinski definition) is 1. The number of halogens is 4. The number of likely N-dealkylation sites (N-methyl/N-ethyl adjacent to an activating group) is 1. The van der Waals surface area contributed by atoms with Gasteiger partial charge < -0.3 is 10.0 Å². The van der Waals surface area contributed by atoms with E-state index in [1.54, 1.807) is 0 Å². The van der Waals surface area contributed by atoms with Crippen LogP contribution in [0, 0.1) is 6.92 Å². The first kappa shape index (κ1) is 33.8. The summed E-state index contributed by atoms with van der Waals surface area (Å²) in [5.41, 5.74) is 3.85. The number of benzene rings is 2. The SMILES string of the molecule is Cc1cccc([C@@H](C(=O)O)N(C)CC[C@H](CCCN2CCCCC2)c2cccc(Cl)c2)c1C1CCC(OC(F)(F)F)CC1. The van der Waals surface area contributed by atoms with Crippen LogP contribution in [-0.2, 0) is 9.53 Å². The first-order valence-corrected chi connectivity index (χ1v) is 16.1. The molecule has 0 spiro atoms. The van der Waals surface area contributed by atoms with Crippen molar-refractivity contribution in [1.29, 1.82) is 0 Å². The molecule has 0 unspecified atom stereocenters. The number of likely N-dealkylation sites (tertiary alicyclic amines) is 1. The Hall–Kier alpha value is -2.13. The summed E-state index contributed by atoms with van der Waals surface area (Å²) in [6.45, 7) is 5.96. The van der Waals surface area contributed by atoms with Crippen molar-refractivity contribution in [1.82, 2.24) is 9.80 Å². The maximum Gasteiger partial charge on any atom is 0.522 e. The molecule has 43 heavy (non-hydrogen) atoms. The van der Waals surface area contributed by atoms with E-state index in [1.165, 1.54) is 37.9 Å². The second-order valence-corrected chi connectivity index (χ2v) is 12.9. The highest BCUT2D eigenvalue weighted by atomic mass is 35.5. The molecule has 238 valence electrons. The Morgan fingerprint density at radius 3 is 2.42 bits per heavy atom. The lowest BCUT2D eigenvalue weighted by Crippen LogP contribution is -2.34. The number of hydrogen-bond acceptors (Lipinski definition) is 4. The number of carbonyl (C=O) groups is 1. The Morgan fingerprint density at radius 1 is 1.07 bits per heavy atom. The monoisotopic (exact) mass is 622 g/mol. The molecule has 1 aliphatic heterocycles. The predicted molar refractivity (Wildman–Crippen MR) is 165 cm³/mol. The van der Waals surface area contributed by atoms with Crippen LogP contribution >= 0.6 is 11.6 Å². The van der Waals surface area contributed by atoms with E-state index in [4.69, 9.17) is 11.6 Å². The fourth-order valence-corrected chi connectivity index (χ4v) is 7.39. The fraction of sp³-hybridized carbons (Fsp3) is 0.618. The molecule has 2 fully saturated rings. The van der Waals surface area contributed by atoms with Crippen molar-refractivity contribution in [3.8, 4) is 0 Å². The Labute approximate surface area is 259 Å².